The summed E-state index contributed by atoms with van der Waals surface area (Å²) >= 11 is 0. The topological polar surface area (TPSA) is 9.23 Å². The molecule has 1 nitrogen and oxygen atoms in total. The standard InChI is InChI=1S/C18H24O/c1-12-10-13(2)17(19-6)15(11-12)14-8-7-9-16(14)18(3,4)5/h7-8,10-11H,9H2,1-6H3. The van der Waals surface area contributed by atoms with Crippen LogP contribution in [0.4, 0.5) is 0 Å². The van der Waals surface area contributed by atoms with Gasteiger partial charge in [-0.05, 0) is 48.4 Å². The van der Waals surface area contributed by atoms with Crippen molar-refractivity contribution in [3.05, 3.63) is 46.5 Å². The van der Waals surface area contributed by atoms with Gasteiger partial charge in [-0.1, -0.05) is 44.6 Å². The number of hydrogen-bond donors (Lipinski definition) is 0. The first kappa shape index (κ1) is 13.9. The van der Waals surface area contributed by atoms with Crippen molar-refractivity contribution in [2.75, 3.05) is 7.11 Å². The van der Waals surface area contributed by atoms with Crippen LogP contribution in [0.25, 0.3) is 5.57 Å². The Bertz CT molecular complexity index is 554. The number of aryl methyl sites for hydroxylation is 2. The Hall–Kier alpha value is -1.50. The van der Waals surface area contributed by atoms with Gasteiger partial charge in [0.1, 0.15) is 5.75 Å². The summed E-state index contributed by atoms with van der Waals surface area (Å²) in [6.45, 7) is 11.1. The van der Waals surface area contributed by atoms with Gasteiger partial charge in [-0.15, -0.1) is 0 Å². The number of methoxy groups -OCH3 is 1. The van der Waals surface area contributed by atoms with Crippen LogP contribution in [0.5, 0.6) is 5.75 Å². The third kappa shape index (κ3) is 2.60. The molecule has 0 unspecified atom stereocenters. The third-order valence-corrected chi connectivity index (χ3v) is 3.75. The van der Waals surface area contributed by atoms with Gasteiger partial charge < -0.3 is 4.74 Å². The minimum atomic E-state index is 0.196. The van der Waals surface area contributed by atoms with Gasteiger partial charge >= 0.3 is 0 Å². The van der Waals surface area contributed by atoms with E-state index in [2.05, 4.69) is 58.9 Å². The molecule has 0 saturated carbocycles. The largest absolute Gasteiger partial charge is 0.496 e. The summed E-state index contributed by atoms with van der Waals surface area (Å²) in [5.74, 6) is 1.01. The van der Waals surface area contributed by atoms with Crippen LogP contribution >= 0.6 is 0 Å². The lowest BCUT2D eigenvalue weighted by molar-refractivity contribution is 0.410. The van der Waals surface area contributed by atoms with E-state index in [-0.39, 0.29) is 5.41 Å². The van der Waals surface area contributed by atoms with E-state index in [0.29, 0.717) is 0 Å². The Kier molecular flexibility index (Phi) is 3.58. The molecular formula is C18H24O. The van der Waals surface area contributed by atoms with Crippen molar-refractivity contribution < 1.29 is 4.74 Å². The van der Waals surface area contributed by atoms with Crippen LogP contribution < -0.4 is 4.74 Å². The summed E-state index contributed by atoms with van der Waals surface area (Å²) in [6.07, 6.45) is 5.55. The number of allylic oxidation sites excluding steroid dienone is 4. The van der Waals surface area contributed by atoms with E-state index in [0.717, 1.165) is 12.2 Å². The summed E-state index contributed by atoms with van der Waals surface area (Å²) in [5, 5.41) is 0. The highest BCUT2D eigenvalue weighted by atomic mass is 16.5. The molecule has 0 bridgehead atoms. The Morgan fingerprint density at radius 2 is 1.79 bits per heavy atom. The first-order valence-corrected chi connectivity index (χ1v) is 6.90. The van der Waals surface area contributed by atoms with Gasteiger partial charge in [0, 0.05) is 5.56 Å². The molecule has 0 amide bonds. The van der Waals surface area contributed by atoms with E-state index in [4.69, 9.17) is 4.74 Å². The van der Waals surface area contributed by atoms with Gasteiger partial charge in [-0.25, -0.2) is 0 Å². The highest BCUT2D eigenvalue weighted by molar-refractivity contribution is 5.84. The van der Waals surface area contributed by atoms with Gasteiger partial charge in [0.25, 0.3) is 0 Å². The molecule has 0 N–H and O–H groups in total. The molecule has 102 valence electrons. The smallest absolute Gasteiger partial charge is 0.129 e. The SMILES string of the molecule is COc1c(C)cc(C)cc1C1=C(C(C)(C)C)CC=C1. The molecule has 0 radical (unpaired) electrons. The lowest BCUT2D eigenvalue weighted by atomic mass is 9.81. The first-order valence-electron chi connectivity index (χ1n) is 6.90. The van der Waals surface area contributed by atoms with Gasteiger partial charge in [0.15, 0.2) is 0 Å². The van der Waals surface area contributed by atoms with Crippen LogP contribution in [0, 0.1) is 19.3 Å². The fourth-order valence-electron chi connectivity index (χ4n) is 2.89. The average molecular weight is 256 g/mol. The summed E-state index contributed by atoms with van der Waals surface area (Å²) < 4.78 is 5.64. The van der Waals surface area contributed by atoms with Crippen LogP contribution in [0.15, 0.2) is 29.9 Å². The van der Waals surface area contributed by atoms with E-state index in [1.165, 1.54) is 27.8 Å². The second kappa shape index (κ2) is 4.88. The van der Waals surface area contributed by atoms with Gasteiger partial charge in [0.05, 0.1) is 7.11 Å². The molecule has 2 rings (SSSR count). The third-order valence-electron chi connectivity index (χ3n) is 3.75. The summed E-state index contributed by atoms with van der Waals surface area (Å²) in [6, 6.07) is 4.42. The Labute approximate surface area is 117 Å². The molecule has 0 atom stereocenters. The van der Waals surface area contributed by atoms with Crippen molar-refractivity contribution in [1.82, 2.24) is 0 Å². The van der Waals surface area contributed by atoms with Crippen LogP contribution in [-0.2, 0) is 0 Å². The van der Waals surface area contributed by atoms with Crippen LogP contribution in [0.2, 0.25) is 0 Å². The zero-order valence-electron chi connectivity index (χ0n) is 12.9. The number of ether oxygens (including phenoxy) is 1. The molecule has 1 heteroatoms. The molecule has 0 saturated heterocycles. The molecule has 1 aromatic rings. The van der Waals surface area contributed by atoms with Crippen LogP contribution in [0.1, 0.15) is 43.9 Å². The zero-order valence-corrected chi connectivity index (χ0v) is 12.9. The Balaban J connectivity index is 2.67. The summed E-state index contributed by atoms with van der Waals surface area (Å²) in [7, 11) is 1.76. The predicted molar refractivity (Wildman–Crippen MR) is 82.6 cm³/mol. The monoisotopic (exact) mass is 256 g/mol. The minimum Gasteiger partial charge on any atom is -0.496 e. The quantitative estimate of drug-likeness (QED) is 0.717. The van der Waals surface area contributed by atoms with E-state index in [9.17, 15) is 0 Å². The fourth-order valence-corrected chi connectivity index (χ4v) is 2.89. The molecule has 0 aromatic heterocycles. The molecule has 0 aliphatic heterocycles. The van der Waals surface area contributed by atoms with E-state index in [1.807, 2.05) is 0 Å². The second-order valence-corrected chi connectivity index (χ2v) is 6.41. The van der Waals surface area contributed by atoms with Gasteiger partial charge in [-0.3, -0.25) is 0 Å². The van der Waals surface area contributed by atoms with Crippen molar-refractivity contribution >= 4 is 5.57 Å². The fraction of sp³-hybridized carbons (Fsp3) is 0.444. The normalized spacial score (nSPS) is 15.3. The molecule has 0 spiro atoms. The lowest BCUT2D eigenvalue weighted by Crippen LogP contribution is -2.09. The predicted octanol–water partition coefficient (Wildman–Crippen LogP) is 5.07. The van der Waals surface area contributed by atoms with E-state index < -0.39 is 0 Å². The molecule has 1 aliphatic carbocycles. The molecule has 0 heterocycles. The van der Waals surface area contributed by atoms with Crippen molar-refractivity contribution in [3.8, 4) is 5.75 Å². The number of hydrogen-bond acceptors (Lipinski definition) is 1. The van der Waals surface area contributed by atoms with Crippen LogP contribution in [0.3, 0.4) is 0 Å². The van der Waals surface area contributed by atoms with Crippen molar-refractivity contribution in [1.29, 1.82) is 0 Å². The highest BCUT2D eigenvalue weighted by Gasteiger charge is 2.24. The van der Waals surface area contributed by atoms with Crippen molar-refractivity contribution in [2.24, 2.45) is 5.41 Å². The number of rotatable bonds is 2. The molecule has 1 aliphatic rings. The Morgan fingerprint density at radius 3 is 2.37 bits per heavy atom. The summed E-state index contributed by atoms with van der Waals surface area (Å²) in [4.78, 5) is 0. The van der Waals surface area contributed by atoms with Gasteiger partial charge in [-0.2, -0.15) is 0 Å². The number of benzene rings is 1. The van der Waals surface area contributed by atoms with E-state index >= 15 is 0 Å². The minimum absolute atomic E-state index is 0.196. The van der Waals surface area contributed by atoms with E-state index in [1.54, 1.807) is 7.11 Å². The second-order valence-electron chi connectivity index (χ2n) is 6.41. The van der Waals surface area contributed by atoms with Gasteiger partial charge in [0.2, 0.25) is 0 Å². The molecule has 0 fully saturated rings. The average Bonchev–Trinajstić information content (AvgIpc) is 2.76. The van der Waals surface area contributed by atoms with Crippen molar-refractivity contribution in [2.45, 2.75) is 41.0 Å². The molecule has 19 heavy (non-hydrogen) atoms. The highest BCUT2D eigenvalue weighted by Crippen LogP contribution is 2.43. The van der Waals surface area contributed by atoms with Crippen LogP contribution in [-0.4, -0.2) is 7.11 Å². The zero-order chi connectivity index (χ0) is 14.2. The molecular weight excluding hydrogens is 232 g/mol. The lowest BCUT2D eigenvalue weighted by Gasteiger charge is -2.24. The molecule has 1 aromatic carbocycles. The first-order chi connectivity index (χ1) is 8.84. The van der Waals surface area contributed by atoms with Crippen molar-refractivity contribution in [3.63, 3.8) is 0 Å². The maximum absolute atomic E-state index is 5.64. The Morgan fingerprint density at radius 1 is 1.11 bits per heavy atom. The summed E-state index contributed by atoms with van der Waals surface area (Å²) in [5.41, 5.74) is 6.76. The maximum Gasteiger partial charge on any atom is 0.129 e. The maximum atomic E-state index is 5.64.